The fourth-order valence-electron chi connectivity index (χ4n) is 3.03. The number of pyridine rings is 1. The Hall–Kier alpha value is -0.970. The molecule has 1 aromatic carbocycles. The third-order valence-corrected chi connectivity index (χ3v) is 6.18. The zero-order valence-corrected chi connectivity index (χ0v) is 13.8. The van der Waals surface area contributed by atoms with Gasteiger partial charge >= 0.3 is 0 Å². The Morgan fingerprint density at radius 2 is 2.10 bits per heavy atom. The summed E-state index contributed by atoms with van der Waals surface area (Å²) in [6.07, 6.45) is 6.30. The first kappa shape index (κ1) is 14.9. The summed E-state index contributed by atoms with van der Waals surface area (Å²) in [7, 11) is 0. The van der Waals surface area contributed by atoms with Gasteiger partial charge in [0.25, 0.3) is 0 Å². The number of nitrogens with zero attached hydrogens (tertiary/aromatic N) is 2. The summed E-state index contributed by atoms with van der Waals surface area (Å²) in [5.74, 6) is 0. The Bertz CT molecular complexity index is 632. The second-order valence-corrected chi connectivity index (χ2v) is 7.28. The topological polar surface area (TPSA) is 42.1 Å². The van der Waals surface area contributed by atoms with Crippen LogP contribution >= 0.6 is 23.4 Å². The molecule has 112 valence electrons. The lowest BCUT2D eigenvalue weighted by Gasteiger charge is -2.41. The smallest absolute Gasteiger partial charge is 0.0737 e. The lowest BCUT2D eigenvalue weighted by molar-refractivity contribution is 0.457. The molecule has 1 aromatic heterocycles. The molecule has 5 heteroatoms. The van der Waals surface area contributed by atoms with Gasteiger partial charge in [0.2, 0.25) is 0 Å². The van der Waals surface area contributed by atoms with Gasteiger partial charge in [-0.2, -0.15) is 11.8 Å². The van der Waals surface area contributed by atoms with Gasteiger partial charge in [-0.15, -0.1) is 0 Å². The molecular weight excluding hydrogens is 302 g/mol. The molecule has 3 rings (SSSR count). The predicted octanol–water partition coefficient (Wildman–Crippen LogP) is 3.55. The van der Waals surface area contributed by atoms with Crippen molar-refractivity contribution >= 4 is 40.0 Å². The second kappa shape index (κ2) is 6.03. The Kier molecular flexibility index (Phi) is 4.29. The molecule has 2 aromatic rings. The normalized spacial score (nSPS) is 18.1. The molecule has 0 aliphatic carbocycles. The molecule has 1 aliphatic heterocycles. The average molecular weight is 322 g/mol. The first-order chi connectivity index (χ1) is 10.2. The van der Waals surface area contributed by atoms with Crippen molar-refractivity contribution in [1.82, 2.24) is 4.98 Å². The molecule has 1 aliphatic rings. The minimum absolute atomic E-state index is 0.253. The molecule has 0 radical (unpaired) electrons. The van der Waals surface area contributed by atoms with E-state index in [1.807, 2.05) is 30.1 Å². The van der Waals surface area contributed by atoms with Crippen LogP contribution in [0, 0.1) is 0 Å². The van der Waals surface area contributed by atoms with Gasteiger partial charge in [0.15, 0.2) is 0 Å². The molecule has 0 atom stereocenters. The number of fused-ring (bicyclic) bond motifs is 1. The van der Waals surface area contributed by atoms with Gasteiger partial charge in [-0.25, -0.2) is 0 Å². The van der Waals surface area contributed by atoms with Crippen LogP contribution in [0.4, 0.5) is 5.69 Å². The van der Waals surface area contributed by atoms with Crippen molar-refractivity contribution in [2.24, 2.45) is 5.73 Å². The number of piperidine rings is 1. The van der Waals surface area contributed by atoms with Crippen LogP contribution < -0.4 is 10.6 Å². The molecular formula is C16H20ClN3S. The van der Waals surface area contributed by atoms with E-state index in [-0.39, 0.29) is 4.75 Å². The highest BCUT2D eigenvalue weighted by Gasteiger charge is 2.32. The fourth-order valence-corrected chi connectivity index (χ4v) is 3.95. The van der Waals surface area contributed by atoms with Gasteiger partial charge in [0, 0.05) is 46.7 Å². The molecule has 0 unspecified atom stereocenters. The molecule has 0 spiro atoms. The van der Waals surface area contributed by atoms with Gasteiger partial charge in [-0.05, 0) is 43.4 Å². The lowest BCUT2D eigenvalue weighted by atomic mass is 9.95. The Morgan fingerprint density at radius 1 is 1.33 bits per heavy atom. The minimum atomic E-state index is 0.253. The lowest BCUT2D eigenvalue weighted by Crippen LogP contribution is -2.46. The van der Waals surface area contributed by atoms with Crippen molar-refractivity contribution in [2.45, 2.75) is 17.6 Å². The standard InChI is InChI=1S/C16H20ClN3S/c1-21-16(11-18)5-8-20(9-6-16)15-4-7-19-14-10-12(17)2-3-13(14)15/h2-4,7,10H,5-6,8-9,11,18H2,1H3. The van der Waals surface area contributed by atoms with Crippen LogP contribution in [-0.4, -0.2) is 35.6 Å². The minimum Gasteiger partial charge on any atom is -0.371 e. The number of nitrogens with two attached hydrogens (primary N) is 1. The number of halogens is 1. The Balaban J connectivity index is 1.89. The maximum absolute atomic E-state index is 6.06. The quantitative estimate of drug-likeness (QED) is 0.938. The van der Waals surface area contributed by atoms with E-state index in [2.05, 4.69) is 28.3 Å². The van der Waals surface area contributed by atoms with Crippen molar-refractivity contribution < 1.29 is 0 Å². The van der Waals surface area contributed by atoms with Gasteiger partial charge in [0.05, 0.1) is 5.52 Å². The fraction of sp³-hybridized carbons (Fsp3) is 0.438. The van der Waals surface area contributed by atoms with E-state index in [4.69, 9.17) is 17.3 Å². The van der Waals surface area contributed by atoms with E-state index >= 15 is 0 Å². The van der Waals surface area contributed by atoms with Crippen LogP contribution in [0.3, 0.4) is 0 Å². The zero-order chi connectivity index (χ0) is 14.9. The van der Waals surface area contributed by atoms with Crippen molar-refractivity contribution in [3.63, 3.8) is 0 Å². The Morgan fingerprint density at radius 3 is 2.76 bits per heavy atom. The van der Waals surface area contributed by atoms with E-state index in [0.717, 1.165) is 43.0 Å². The Labute approximate surface area is 134 Å². The van der Waals surface area contributed by atoms with E-state index < -0.39 is 0 Å². The molecule has 0 saturated carbocycles. The summed E-state index contributed by atoms with van der Waals surface area (Å²) in [6, 6.07) is 8.03. The molecule has 3 nitrogen and oxygen atoms in total. The van der Waals surface area contributed by atoms with Crippen LogP contribution in [0.5, 0.6) is 0 Å². The number of aromatic nitrogens is 1. The van der Waals surface area contributed by atoms with Gasteiger partial charge < -0.3 is 10.6 Å². The molecule has 21 heavy (non-hydrogen) atoms. The third kappa shape index (κ3) is 2.85. The van der Waals surface area contributed by atoms with Crippen LogP contribution in [0.25, 0.3) is 10.9 Å². The largest absolute Gasteiger partial charge is 0.371 e. The van der Waals surface area contributed by atoms with Crippen LogP contribution in [-0.2, 0) is 0 Å². The number of rotatable bonds is 3. The van der Waals surface area contributed by atoms with E-state index in [9.17, 15) is 0 Å². The van der Waals surface area contributed by atoms with E-state index in [1.54, 1.807) is 0 Å². The maximum Gasteiger partial charge on any atom is 0.0737 e. The van der Waals surface area contributed by atoms with Crippen LogP contribution in [0.2, 0.25) is 5.02 Å². The van der Waals surface area contributed by atoms with Crippen LogP contribution in [0.15, 0.2) is 30.5 Å². The highest BCUT2D eigenvalue weighted by molar-refractivity contribution is 8.00. The number of hydrogen-bond acceptors (Lipinski definition) is 4. The molecule has 0 bridgehead atoms. The number of anilines is 1. The summed E-state index contributed by atoms with van der Waals surface area (Å²) in [5.41, 5.74) is 8.19. The number of thioether (sulfide) groups is 1. The van der Waals surface area contributed by atoms with Gasteiger partial charge in [0.1, 0.15) is 0 Å². The summed E-state index contributed by atoms with van der Waals surface area (Å²) >= 11 is 7.98. The predicted molar refractivity (Wildman–Crippen MR) is 93.5 cm³/mol. The summed E-state index contributed by atoms with van der Waals surface area (Å²) in [4.78, 5) is 6.87. The average Bonchev–Trinajstić information content (AvgIpc) is 2.54. The first-order valence-electron chi connectivity index (χ1n) is 7.22. The van der Waals surface area contributed by atoms with E-state index in [1.165, 1.54) is 11.1 Å². The molecule has 0 amide bonds. The highest BCUT2D eigenvalue weighted by Crippen LogP contribution is 2.36. The maximum atomic E-state index is 6.06. The van der Waals surface area contributed by atoms with Crippen molar-refractivity contribution in [2.75, 3.05) is 30.8 Å². The third-order valence-electron chi connectivity index (χ3n) is 4.50. The number of benzene rings is 1. The van der Waals surface area contributed by atoms with Crippen LogP contribution in [0.1, 0.15) is 12.8 Å². The summed E-state index contributed by atoms with van der Waals surface area (Å²) < 4.78 is 0.253. The van der Waals surface area contributed by atoms with Gasteiger partial charge in [-0.3, -0.25) is 4.98 Å². The molecule has 1 fully saturated rings. The van der Waals surface area contributed by atoms with E-state index in [0.29, 0.717) is 0 Å². The van der Waals surface area contributed by atoms with Gasteiger partial charge in [-0.1, -0.05) is 11.6 Å². The van der Waals surface area contributed by atoms with Crippen molar-refractivity contribution in [3.8, 4) is 0 Å². The highest BCUT2D eigenvalue weighted by atomic mass is 35.5. The second-order valence-electron chi connectivity index (χ2n) is 5.57. The van der Waals surface area contributed by atoms with Crippen molar-refractivity contribution in [1.29, 1.82) is 0 Å². The first-order valence-corrected chi connectivity index (χ1v) is 8.82. The molecule has 1 saturated heterocycles. The monoisotopic (exact) mass is 321 g/mol. The molecule has 2 N–H and O–H groups in total. The number of hydrogen-bond donors (Lipinski definition) is 1. The summed E-state index contributed by atoms with van der Waals surface area (Å²) in [6.45, 7) is 2.84. The summed E-state index contributed by atoms with van der Waals surface area (Å²) in [5, 5.41) is 1.90. The van der Waals surface area contributed by atoms with Crippen molar-refractivity contribution in [3.05, 3.63) is 35.5 Å². The zero-order valence-electron chi connectivity index (χ0n) is 12.2. The SMILES string of the molecule is CSC1(CN)CCN(c2ccnc3cc(Cl)ccc23)CC1. The molecule has 2 heterocycles.